The maximum Gasteiger partial charge on any atom is 0.220 e. The van der Waals surface area contributed by atoms with Crippen molar-refractivity contribution < 1.29 is 19.8 Å². The number of amides is 1. The number of allylic oxidation sites excluding steroid dienone is 4. The van der Waals surface area contributed by atoms with E-state index in [4.69, 9.17) is 5.73 Å². The summed E-state index contributed by atoms with van der Waals surface area (Å²) in [5.41, 5.74) is 4.51. The minimum Gasteiger partial charge on any atom is -0.393 e. The molecule has 1 aromatic carbocycles. The number of primary amides is 1. The second-order valence-corrected chi connectivity index (χ2v) is 16.8. The molecule has 9 rings (SSSR count). The van der Waals surface area contributed by atoms with E-state index in [-0.39, 0.29) is 51.8 Å². The highest BCUT2D eigenvalue weighted by Crippen LogP contribution is 2.78. The van der Waals surface area contributed by atoms with E-state index < -0.39 is 11.0 Å². The van der Waals surface area contributed by atoms with E-state index in [1.54, 1.807) is 11.3 Å². The van der Waals surface area contributed by atoms with Gasteiger partial charge in [-0.1, -0.05) is 50.3 Å². The first-order valence-electron chi connectivity index (χ1n) is 16.8. The number of β-amino-alcohol motifs (C(OH)–C–C–N with tert-alkyl or cyclic N) is 1. The van der Waals surface area contributed by atoms with Crippen LogP contribution in [0.5, 0.6) is 0 Å². The summed E-state index contributed by atoms with van der Waals surface area (Å²) >= 11 is 1.59. The molecule has 7 aliphatic rings. The number of fused-ring (bicyclic) bond motifs is 2. The third-order valence-corrected chi connectivity index (χ3v) is 15.2. The van der Waals surface area contributed by atoms with Crippen molar-refractivity contribution in [1.82, 2.24) is 4.90 Å². The Morgan fingerprint density at radius 3 is 2.43 bits per heavy atom. The number of hydrogen-bond donors (Lipinski definition) is 3. The summed E-state index contributed by atoms with van der Waals surface area (Å²) in [5, 5.41) is 24.7. The van der Waals surface area contributed by atoms with Crippen LogP contribution in [0.3, 0.4) is 0 Å². The number of carbonyl (C=O) groups is 2. The van der Waals surface area contributed by atoms with Crippen LogP contribution in [0, 0.1) is 39.4 Å². The Morgan fingerprint density at radius 1 is 0.977 bits per heavy atom. The molecule has 1 aliphatic heterocycles. The molecule has 8 atom stereocenters. The first-order valence-corrected chi connectivity index (χ1v) is 17.7. The Hall–Kier alpha value is -2.32. The van der Waals surface area contributed by atoms with E-state index in [1.807, 2.05) is 12.1 Å². The molecule has 1 amide bonds. The predicted octanol–water partition coefficient (Wildman–Crippen LogP) is 5.87. The highest BCUT2D eigenvalue weighted by molar-refractivity contribution is 7.21. The van der Waals surface area contributed by atoms with Crippen LogP contribution in [0.2, 0.25) is 0 Å². The molecule has 1 saturated heterocycles. The zero-order chi connectivity index (χ0) is 30.7. The Bertz CT molecular complexity index is 1570. The Labute approximate surface area is 264 Å². The number of thiophene rings is 1. The molecule has 3 saturated carbocycles. The summed E-state index contributed by atoms with van der Waals surface area (Å²) in [6.07, 6.45) is 14.2. The quantitative estimate of drug-likeness (QED) is 0.289. The van der Waals surface area contributed by atoms with Gasteiger partial charge in [0.05, 0.1) is 16.6 Å². The van der Waals surface area contributed by atoms with Gasteiger partial charge >= 0.3 is 0 Å². The molecular weight excluding hydrogens is 568 g/mol. The third kappa shape index (κ3) is 3.70. The first-order chi connectivity index (χ1) is 20.9. The van der Waals surface area contributed by atoms with Crippen molar-refractivity contribution in [2.45, 2.75) is 83.3 Å². The van der Waals surface area contributed by atoms with Gasteiger partial charge in [0.25, 0.3) is 0 Å². The van der Waals surface area contributed by atoms with Crippen molar-refractivity contribution in [3.63, 3.8) is 0 Å². The van der Waals surface area contributed by atoms with E-state index in [2.05, 4.69) is 55.2 Å². The SMILES string of the molecule is C[C@]12CC[C@H]3[C@]4(C=C[C@@]5(C=C4C(=O)c4cc6ccccc6s4)CC(O)CC[C@]35C)[C@@H]1CC[C@@]2(O)CN1CCC(C(N)=O)CC1. The number of hydrogen-bond acceptors (Lipinski definition) is 6. The van der Waals surface area contributed by atoms with Crippen LogP contribution in [0.4, 0.5) is 0 Å². The molecule has 7 heteroatoms. The highest BCUT2D eigenvalue weighted by Gasteiger charge is 2.74. The minimum atomic E-state index is -0.869. The van der Waals surface area contributed by atoms with Gasteiger partial charge in [-0.2, -0.15) is 0 Å². The van der Waals surface area contributed by atoms with E-state index in [0.29, 0.717) is 13.0 Å². The van der Waals surface area contributed by atoms with Crippen LogP contribution in [0.15, 0.2) is 54.1 Å². The molecule has 2 spiro atoms. The third-order valence-electron chi connectivity index (χ3n) is 14.1. The fraction of sp³-hybridized carbons (Fsp3) is 0.622. The Balaban J connectivity index is 1.21. The van der Waals surface area contributed by atoms with Crippen molar-refractivity contribution in [2.75, 3.05) is 19.6 Å². The predicted molar refractivity (Wildman–Crippen MR) is 173 cm³/mol. The molecule has 44 heavy (non-hydrogen) atoms. The van der Waals surface area contributed by atoms with Gasteiger partial charge in [-0.25, -0.2) is 0 Å². The Kier molecular flexibility index (Phi) is 6.35. The van der Waals surface area contributed by atoms with E-state index in [1.165, 1.54) is 0 Å². The van der Waals surface area contributed by atoms with Crippen molar-refractivity contribution in [1.29, 1.82) is 0 Å². The second kappa shape index (κ2) is 9.60. The Morgan fingerprint density at radius 2 is 1.68 bits per heavy atom. The molecular formula is C37H46N2O4S. The molecule has 6 aliphatic carbocycles. The van der Waals surface area contributed by atoms with Gasteiger partial charge in [0, 0.05) is 39.0 Å². The largest absolute Gasteiger partial charge is 0.393 e. The minimum absolute atomic E-state index is 0.0381. The van der Waals surface area contributed by atoms with Crippen LogP contribution >= 0.6 is 11.3 Å². The molecule has 1 aromatic heterocycles. The standard InChI is InChI=1S/C37H46N2O4S/c1-33-12-7-25(40)20-35(33)15-16-37(26(21-35)31(41)28-19-24-5-3-4-6-27(24)44-28)29(33)8-13-34(2)30(37)9-14-36(34,43)22-39-17-10-23(11-18-39)32(38)42/h3-6,15-16,19,21,23,25,29-30,40,43H,7-14,17-18,20,22H2,1-2H3,(H2,38,42)/t25?,29-,30-,33-,34+,35+,36-,37-/m1/s1. The van der Waals surface area contributed by atoms with Crippen LogP contribution in [-0.2, 0) is 4.79 Å². The van der Waals surface area contributed by atoms with E-state index in [9.17, 15) is 19.8 Å². The lowest BCUT2D eigenvalue weighted by atomic mass is 9.32. The summed E-state index contributed by atoms with van der Waals surface area (Å²) in [7, 11) is 0. The van der Waals surface area contributed by atoms with Crippen molar-refractivity contribution in [2.24, 2.45) is 45.1 Å². The topological polar surface area (TPSA) is 104 Å². The van der Waals surface area contributed by atoms with Crippen LogP contribution in [-0.4, -0.2) is 58.1 Å². The van der Waals surface area contributed by atoms with Gasteiger partial charge in [-0.05, 0) is 106 Å². The molecule has 2 aromatic rings. The first kappa shape index (κ1) is 29.1. The highest BCUT2D eigenvalue weighted by atomic mass is 32.1. The van der Waals surface area contributed by atoms with Crippen LogP contribution < -0.4 is 5.73 Å². The number of benzene rings is 1. The zero-order valence-corrected chi connectivity index (χ0v) is 26.9. The lowest BCUT2D eigenvalue weighted by molar-refractivity contribution is -0.177. The van der Waals surface area contributed by atoms with Crippen LogP contribution in [0.25, 0.3) is 10.1 Å². The average molecular weight is 615 g/mol. The smallest absolute Gasteiger partial charge is 0.220 e. The second-order valence-electron chi connectivity index (χ2n) is 15.7. The summed E-state index contributed by atoms with van der Waals surface area (Å²) in [6.45, 7) is 6.91. The summed E-state index contributed by atoms with van der Waals surface area (Å²) in [5.74, 6) is 0.286. The maximum absolute atomic E-state index is 14.9. The lowest BCUT2D eigenvalue weighted by Crippen LogP contribution is -2.67. The van der Waals surface area contributed by atoms with Gasteiger partial charge in [0.2, 0.25) is 5.91 Å². The van der Waals surface area contributed by atoms with Gasteiger partial charge in [-0.3, -0.25) is 9.59 Å². The molecule has 4 N–H and O–H groups in total. The van der Waals surface area contributed by atoms with Gasteiger partial charge in [-0.15, -0.1) is 11.3 Å². The molecule has 6 nitrogen and oxygen atoms in total. The molecule has 0 radical (unpaired) electrons. The molecule has 2 bridgehead atoms. The van der Waals surface area contributed by atoms with E-state index >= 15 is 0 Å². The van der Waals surface area contributed by atoms with E-state index in [0.717, 1.165) is 85.0 Å². The van der Waals surface area contributed by atoms with Crippen LogP contribution in [0.1, 0.15) is 81.3 Å². The number of nitrogens with zero attached hydrogens (tertiary/aromatic N) is 1. The maximum atomic E-state index is 14.9. The average Bonchev–Trinajstić information content (AvgIpc) is 3.55. The lowest BCUT2D eigenvalue weighted by Gasteiger charge is -2.71. The van der Waals surface area contributed by atoms with Crippen molar-refractivity contribution in [3.8, 4) is 0 Å². The van der Waals surface area contributed by atoms with Crippen molar-refractivity contribution >= 4 is 33.1 Å². The number of piperidine rings is 1. The summed E-state index contributed by atoms with van der Waals surface area (Å²) in [6, 6.07) is 10.3. The fourth-order valence-corrected chi connectivity index (χ4v) is 12.6. The number of ketones is 1. The molecule has 1 unspecified atom stereocenters. The summed E-state index contributed by atoms with van der Waals surface area (Å²) in [4.78, 5) is 29.8. The monoisotopic (exact) mass is 614 g/mol. The number of Topliss-reactive ketones (excluding diaryl/α,β-unsaturated/α-hetero) is 1. The fourth-order valence-electron chi connectivity index (χ4n) is 11.6. The zero-order valence-electron chi connectivity index (χ0n) is 26.1. The number of rotatable bonds is 5. The molecule has 2 heterocycles. The summed E-state index contributed by atoms with van der Waals surface area (Å²) < 4.78 is 1.13. The van der Waals surface area contributed by atoms with Gasteiger partial charge < -0.3 is 20.8 Å². The van der Waals surface area contributed by atoms with Gasteiger partial charge in [0.15, 0.2) is 5.78 Å². The number of aliphatic hydroxyl groups excluding tert-OH is 1. The number of carbonyl (C=O) groups excluding carboxylic acids is 2. The number of likely N-dealkylation sites (tertiary alicyclic amines) is 1. The molecule has 234 valence electrons. The van der Waals surface area contributed by atoms with Crippen molar-refractivity contribution in [3.05, 3.63) is 59.0 Å². The van der Waals surface area contributed by atoms with Gasteiger partial charge in [0.1, 0.15) is 0 Å². The molecule has 4 fully saturated rings. The normalized spacial score (nSPS) is 43.4. The number of nitrogens with two attached hydrogens (primary N) is 1. The number of aliphatic hydroxyl groups is 2.